The SMILES string of the molecule is O=C1CCC(N2Cc3c(F)ccc(CCCCCCCCNC45CC6CC(CC(C6)C4)C5)c3C2)C(=O)N1. The molecule has 37 heavy (non-hydrogen) atoms. The fraction of sp³-hybridized carbons (Fsp3) is 0.742. The van der Waals surface area contributed by atoms with E-state index in [1.807, 2.05) is 11.0 Å². The van der Waals surface area contributed by atoms with Crippen molar-refractivity contribution in [2.24, 2.45) is 17.8 Å². The Labute approximate surface area is 221 Å². The van der Waals surface area contributed by atoms with Crippen LogP contribution in [-0.2, 0) is 29.1 Å². The van der Waals surface area contributed by atoms with Crippen molar-refractivity contribution in [2.75, 3.05) is 6.54 Å². The largest absolute Gasteiger partial charge is 0.311 e. The molecule has 2 N–H and O–H groups in total. The first-order valence-electron chi connectivity index (χ1n) is 15.1. The van der Waals surface area contributed by atoms with E-state index in [9.17, 15) is 14.0 Å². The number of hydrogen-bond donors (Lipinski definition) is 2. The molecule has 1 aromatic rings. The van der Waals surface area contributed by atoms with Gasteiger partial charge in [0, 0.05) is 30.6 Å². The van der Waals surface area contributed by atoms with Crippen LogP contribution in [0, 0.1) is 23.6 Å². The van der Waals surface area contributed by atoms with Crippen LogP contribution in [0.3, 0.4) is 0 Å². The van der Waals surface area contributed by atoms with E-state index in [1.165, 1.54) is 82.7 Å². The summed E-state index contributed by atoms with van der Waals surface area (Å²) in [5, 5.41) is 6.48. The third-order valence-electron chi connectivity index (χ3n) is 10.3. The highest BCUT2D eigenvalue weighted by atomic mass is 19.1. The van der Waals surface area contributed by atoms with E-state index in [0.29, 0.717) is 31.5 Å². The predicted octanol–water partition coefficient (Wildman–Crippen LogP) is 5.39. The number of carbonyl (C=O) groups is 2. The number of halogens is 1. The second-order valence-corrected chi connectivity index (χ2v) is 13.0. The molecule has 1 unspecified atom stereocenters. The molecule has 4 aliphatic carbocycles. The molecule has 0 spiro atoms. The highest BCUT2D eigenvalue weighted by Crippen LogP contribution is 2.55. The lowest BCUT2D eigenvalue weighted by Crippen LogP contribution is -2.58. The number of carbonyl (C=O) groups excluding carboxylic acids is 2. The van der Waals surface area contributed by atoms with Crippen molar-refractivity contribution in [2.45, 2.75) is 121 Å². The molecule has 2 aliphatic heterocycles. The molecular weight excluding hydrogens is 465 g/mol. The fourth-order valence-electron chi connectivity index (χ4n) is 8.86. The minimum Gasteiger partial charge on any atom is -0.311 e. The van der Waals surface area contributed by atoms with E-state index in [4.69, 9.17) is 0 Å². The summed E-state index contributed by atoms with van der Waals surface area (Å²) >= 11 is 0. The molecular formula is C31H44FN3O2. The molecule has 1 saturated heterocycles. The van der Waals surface area contributed by atoms with E-state index in [1.54, 1.807) is 6.07 Å². The maximum atomic E-state index is 14.6. The van der Waals surface area contributed by atoms with Crippen LogP contribution >= 0.6 is 0 Å². The number of nitrogens with zero attached hydrogens (tertiary/aromatic N) is 1. The molecule has 4 bridgehead atoms. The predicted molar refractivity (Wildman–Crippen MR) is 142 cm³/mol. The summed E-state index contributed by atoms with van der Waals surface area (Å²) in [6, 6.07) is 3.20. The van der Waals surface area contributed by atoms with Crippen molar-refractivity contribution in [3.63, 3.8) is 0 Å². The third-order valence-corrected chi connectivity index (χ3v) is 10.3. The number of rotatable bonds is 11. The van der Waals surface area contributed by atoms with Crippen molar-refractivity contribution in [3.05, 3.63) is 34.6 Å². The number of hydrogen-bond acceptors (Lipinski definition) is 4. The molecule has 4 saturated carbocycles. The van der Waals surface area contributed by atoms with Crippen LogP contribution < -0.4 is 10.6 Å². The summed E-state index contributed by atoms with van der Waals surface area (Å²) in [6.45, 7) is 2.25. The van der Waals surface area contributed by atoms with Gasteiger partial charge in [-0.05, 0) is 106 Å². The van der Waals surface area contributed by atoms with Gasteiger partial charge in [-0.15, -0.1) is 0 Å². The van der Waals surface area contributed by atoms with Crippen LogP contribution in [0.4, 0.5) is 4.39 Å². The van der Waals surface area contributed by atoms with Gasteiger partial charge in [0.1, 0.15) is 5.82 Å². The van der Waals surface area contributed by atoms with Gasteiger partial charge in [-0.3, -0.25) is 19.8 Å². The first kappa shape index (κ1) is 25.5. The zero-order valence-electron chi connectivity index (χ0n) is 22.3. The number of aryl methyl sites for hydroxylation is 1. The summed E-state index contributed by atoms with van der Waals surface area (Å²) < 4.78 is 14.6. The van der Waals surface area contributed by atoms with E-state index in [0.717, 1.165) is 41.7 Å². The lowest BCUT2D eigenvalue weighted by atomic mass is 9.53. The van der Waals surface area contributed by atoms with Gasteiger partial charge in [0.15, 0.2) is 0 Å². The maximum absolute atomic E-state index is 14.6. The minimum atomic E-state index is -0.338. The average molecular weight is 510 g/mol. The van der Waals surface area contributed by atoms with Crippen LogP contribution in [0.1, 0.15) is 107 Å². The molecule has 1 aromatic carbocycles. The van der Waals surface area contributed by atoms with Gasteiger partial charge in [0.2, 0.25) is 11.8 Å². The van der Waals surface area contributed by atoms with E-state index >= 15 is 0 Å². The van der Waals surface area contributed by atoms with Crippen molar-refractivity contribution < 1.29 is 14.0 Å². The molecule has 7 rings (SSSR count). The van der Waals surface area contributed by atoms with E-state index in [-0.39, 0.29) is 23.7 Å². The summed E-state index contributed by atoms with van der Waals surface area (Å²) in [4.78, 5) is 25.9. The number of fused-ring (bicyclic) bond motifs is 1. The third kappa shape index (κ3) is 5.52. The number of unbranched alkanes of at least 4 members (excludes halogenated alkanes) is 5. The number of nitrogens with one attached hydrogen (secondary N) is 2. The van der Waals surface area contributed by atoms with Crippen molar-refractivity contribution >= 4 is 11.8 Å². The van der Waals surface area contributed by atoms with Crippen LogP contribution in [0.25, 0.3) is 0 Å². The quantitative estimate of drug-likeness (QED) is 0.310. The summed E-state index contributed by atoms with van der Waals surface area (Å²) in [5.74, 6) is 2.43. The Hall–Kier alpha value is -1.79. The average Bonchev–Trinajstić information content (AvgIpc) is 3.29. The van der Waals surface area contributed by atoms with Gasteiger partial charge in [0.05, 0.1) is 6.04 Å². The molecule has 1 atom stereocenters. The molecule has 2 amide bonds. The van der Waals surface area contributed by atoms with Gasteiger partial charge >= 0.3 is 0 Å². The lowest BCUT2D eigenvalue weighted by Gasteiger charge is -2.57. The Morgan fingerprint density at radius 2 is 1.54 bits per heavy atom. The van der Waals surface area contributed by atoms with Crippen LogP contribution in [0.15, 0.2) is 12.1 Å². The topological polar surface area (TPSA) is 61.4 Å². The summed E-state index contributed by atoms with van der Waals surface area (Å²) in [6.07, 6.45) is 18.2. The Bertz CT molecular complexity index is 989. The zero-order chi connectivity index (χ0) is 25.4. The summed E-state index contributed by atoms with van der Waals surface area (Å²) in [5.41, 5.74) is 3.54. The molecule has 5 nitrogen and oxygen atoms in total. The van der Waals surface area contributed by atoms with Gasteiger partial charge in [0.25, 0.3) is 0 Å². The molecule has 6 heteroatoms. The Morgan fingerprint density at radius 3 is 2.24 bits per heavy atom. The first-order chi connectivity index (χ1) is 18.0. The smallest absolute Gasteiger partial charge is 0.243 e. The number of benzene rings is 1. The van der Waals surface area contributed by atoms with E-state index < -0.39 is 0 Å². The Morgan fingerprint density at radius 1 is 0.892 bits per heavy atom. The molecule has 0 aromatic heterocycles. The van der Waals surface area contributed by atoms with E-state index in [2.05, 4.69) is 10.6 Å². The first-order valence-corrected chi connectivity index (χ1v) is 15.1. The second kappa shape index (κ2) is 10.8. The molecule has 0 radical (unpaired) electrons. The van der Waals surface area contributed by atoms with Crippen molar-refractivity contribution in [1.82, 2.24) is 15.5 Å². The highest BCUT2D eigenvalue weighted by Gasteiger charge is 2.50. The van der Waals surface area contributed by atoms with Crippen LogP contribution in [0.5, 0.6) is 0 Å². The van der Waals surface area contributed by atoms with Gasteiger partial charge in [-0.2, -0.15) is 0 Å². The number of amides is 2. The molecule has 2 heterocycles. The van der Waals surface area contributed by atoms with Gasteiger partial charge in [-0.1, -0.05) is 31.7 Å². The van der Waals surface area contributed by atoms with Crippen molar-refractivity contribution in [1.29, 1.82) is 0 Å². The standard InChI is InChI=1S/C31H44FN3O2/c32-27-9-8-24(25-19-35(20-26(25)27)28-10-11-29(36)34-30(28)37)7-5-3-1-2-4-6-12-33-31-16-21-13-22(17-31)15-23(14-21)18-31/h8-9,21-23,28,33H,1-7,10-20H2,(H,34,36,37). The minimum absolute atomic E-state index is 0.171. The van der Waals surface area contributed by atoms with Crippen LogP contribution in [0.2, 0.25) is 0 Å². The van der Waals surface area contributed by atoms with Crippen LogP contribution in [-0.4, -0.2) is 34.8 Å². The highest BCUT2D eigenvalue weighted by molar-refractivity contribution is 6.00. The van der Waals surface area contributed by atoms with Gasteiger partial charge < -0.3 is 5.32 Å². The Balaban J connectivity index is 0.893. The van der Waals surface area contributed by atoms with Gasteiger partial charge in [-0.25, -0.2) is 4.39 Å². The number of imide groups is 1. The molecule has 202 valence electrons. The second-order valence-electron chi connectivity index (χ2n) is 13.0. The Kier molecular flexibility index (Phi) is 7.41. The number of piperidine rings is 1. The monoisotopic (exact) mass is 509 g/mol. The summed E-state index contributed by atoms with van der Waals surface area (Å²) in [7, 11) is 0. The van der Waals surface area contributed by atoms with Crippen molar-refractivity contribution in [3.8, 4) is 0 Å². The maximum Gasteiger partial charge on any atom is 0.243 e. The molecule has 5 fully saturated rings. The fourth-order valence-corrected chi connectivity index (χ4v) is 8.86. The lowest BCUT2D eigenvalue weighted by molar-refractivity contribution is -0.137. The normalized spacial score (nSPS) is 32.7. The molecule has 6 aliphatic rings. The zero-order valence-corrected chi connectivity index (χ0v) is 22.3.